The lowest BCUT2D eigenvalue weighted by Crippen LogP contribution is -2.08. The highest BCUT2D eigenvalue weighted by atomic mass is 35.5. The second kappa shape index (κ2) is 6.36. The van der Waals surface area contributed by atoms with E-state index in [0.29, 0.717) is 0 Å². The maximum atomic E-state index is 12.6. The Morgan fingerprint density at radius 2 is 1.48 bits per heavy atom. The number of nitrogens with one attached hydrogen (secondary N) is 1. The number of carbonyl (C=O) groups excluding carboxylic acids is 1. The average molecular weight is 369 g/mol. The van der Waals surface area contributed by atoms with Gasteiger partial charge in [0.1, 0.15) is 10.7 Å². The molecule has 0 radical (unpaired) electrons. The summed E-state index contributed by atoms with van der Waals surface area (Å²) in [5.74, 6) is -0.142. The quantitative estimate of drug-likeness (QED) is 0.782. The summed E-state index contributed by atoms with van der Waals surface area (Å²) in [5, 5.41) is 0.767. The first-order valence-electron chi connectivity index (χ1n) is 5.59. The molecule has 8 heteroatoms. The Morgan fingerprint density at radius 1 is 0.952 bits per heavy atom. The van der Waals surface area contributed by atoms with Crippen molar-refractivity contribution in [2.75, 3.05) is 14.2 Å². The summed E-state index contributed by atoms with van der Waals surface area (Å²) >= 11 is 23.8. The van der Waals surface area contributed by atoms with Crippen LogP contribution in [0.3, 0.4) is 0 Å². The van der Waals surface area contributed by atoms with Crippen LogP contribution in [0.1, 0.15) is 16.1 Å². The molecule has 21 heavy (non-hydrogen) atoms. The normalized spacial score (nSPS) is 10.6. The molecule has 0 aliphatic heterocycles. The standard InChI is InChI=1S/C13H9Cl4NO3/c1-20-11-5(14)3-6(15)12(21-2)9(11)10(19)8-4-7(16)13(17)18-8/h3-4,18H,1-2H3. The van der Waals surface area contributed by atoms with E-state index in [-0.39, 0.29) is 43.0 Å². The van der Waals surface area contributed by atoms with Crippen LogP contribution in [0, 0.1) is 0 Å². The molecule has 1 aromatic heterocycles. The van der Waals surface area contributed by atoms with Crippen molar-refractivity contribution < 1.29 is 14.3 Å². The van der Waals surface area contributed by atoms with Gasteiger partial charge in [0, 0.05) is 0 Å². The molecule has 0 atom stereocenters. The minimum absolute atomic E-state index is 0.0899. The van der Waals surface area contributed by atoms with Gasteiger partial charge in [-0.05, 0) is 12.1 Å². The zero-order valence-corrected chi connectivity index (χ0v) is 13.9. The van der Waals surface area contributed by atoms with Crippen LogP contribution in [0.2, 0.25) is 20.2 Å². The molecule has 0 saturated carbocycles. The van der Waals surface area contributed by atoms with Gasteiger partial charge in [-0.1, -0.05) is 46.4 Å². The third kappa shape index (κ3) is 2.94. The minimum Gasteiger partial charge on any atom is -0.494 e. The second-order valence-corrected chi connectivity index (χ2v) is 5.56. The summed E-state index contributed by atoms with van der Waals surface area (Å²) in [6.45, 7) is 0. The Kier molecular flexibility index (Phi) is 4.94. The zero-order chi connectivity index (χ0) is 15.7. The number of ketones is 1. The molecule has 0 fully saturated rings. The summed E-state index contributed by atoms with van der Waals surface area (Å²) in [6, 6.07) is 2.84. The summed E-state index contributed by atoms with van der Waals surface area (Å²) in [6.07, 6.45) is 0. The number of hydrogen-bond donors (Lipinski definition) is 1. The molecule has 0 aliphatic carbocycles. The van der Waals surface area contributed by atoms with E-state index in [1.54, 1.807) is 0 Å². The summed E-state index contributed by atoms with van der Waals surface area (Å²) in [5.41, 5.74) is 0.256. The van der Waals surface area contributed by atoms with Crippen molar-refractivity contribution in [3.05, 3.63) is 43.6 Å². The minimum atomic E-state index is -0.457. The highest BCUT2D eigenvalue weighted by Crippen LogP contribution is 2.42. The maximum Gasteiger partial charge on any atom is 0.216 e. The number of rotatable bonds is 4. The Morgan fingerprint density at radius 3 is 1.86 bits per heavy atom. The van der Waals surface area contributed by atoms with E-state index in [4.69, 9.17) is 55.9 Å². The lowest BCUT2D eigenvalue weighted by atomic mass is 10.1. The first kappa shape index (κ1) is 16.3. The molecule has 1 N–H and O–H groups in total. The van der Waals surface area contributed by atoms with Crippen LogP contribution in [0.15, 0.2) is 12.1 Å². The Hall–Kier alpha value is -1.07. The van der Waals surface area contributed by atoms with Gasteiger partial charge >= 0.3 is 0 Å². The number of benzene rings is 1. The van der Waals surface area contributed by atoms with Crippen molar-refractivity contribution in [2.24, 2.45) is 0 Å². The first-order chi connectivity index (χ1) is 9.90. The molecule has 0 saturated heterocycles. The van der Waals surface area contributed by atoms with Crippen molar-refractivity contribution in [1.82, 2.24) is 4.98 Å². The van der Waals surface area contributed by atoms with Gasteiger partial charge in [0.15, 0.2) is 11.5 Å². The van der Waals surface area contributed by atoms with Crippen LogP contribution < -0.4 is 9.47 Å². The maximum absolute atomic E-state index is 12.6. The number of hydrogen-bond acceptors (Lipinski definition) is 3. The van der Waals surface area contributed by atoms with E-state index >= 15 is 0 Å². The summed E-state index contributed by atoms with van der Waals surface area (Å²) < 4.78 is 10.4. The van der Waals surface area contributed by atoms with Gasteiger partial charge in [-0.3, -0.25) is 4.79 Å². The Labute approximate surface area is 140 Å². The fourth-order valence-electron chi connectivity index (χ4n) is 1.85. The van der Waals surface area contributed by atoms with Gasteiger partial charge < -0.3 is 14.5 Å². The third-order valence-corrected chi connectivity index (χ3v) is 4.00. The van der Waals surface area contributed by atoms with Crippen molar-refractivity contribution in [3.63, 3.8) is 0 Å². The molecule has 4 nitrogen and oxygen atoms in total. The number of aromatic amines is 1. The van der Waals surface area contributed by atoms with Gasteiger partial charge in [-0.15, -0.1) is 0 Å². The number of methoxy groups -OCH3 is 2. The fourth-order valence-corrected chi connectivity index (χ4v) is 2.78. The number of carbonyl (C=O) groups is 1. The van der Waals surface area contributed by atoms with Gasteiger partial charge in [-0.25, -0.2) is 0 Å². The van der Waals surface area contributed by atoms with Crippen LogP contribution in [0.5, 0.6) is 11.5 Å². The molecule has 2 aromatic rings. The Balaban J connectivity index is 2.68. The molecular weight excluding hydrogens is 360 g/mol. The van der Waals surface area contributed by atoms with Crippen LogP contribution in [0.25, 0.3) is 0 Å². The molecular formula is C13H9Cl4NO3. The van der Waals surface area contributed by atoms with Gasteiger partial charge in [0.05, 0.1) is 35.0 Å². The second-order valence-electron chi connectivity index (χ2n) is 3.96. The van der Waals surface area contributed by atoms with Crippen LogP contribution in [-0.4, -0.2) is 25.0 Å². The molecule has 0 amide bonds. The average Bonchev–Trinajstić information content (AvgIpc) is 2.77. The van der Waals surface area contributed by atoms with Crippen molar-refractivity contribution >= 4 is 52.2 Å². The number of ether oxygens (including phenoxy) is 2. The van der Waals surface area contributed by atoms with E-state index in [2.05, 4.69) is 4.98 Å². The molecule has 0 aliphatic rings. The van der Waals surface area contributed by atoms with Gasteiger partial charge in [0.2, 0.25) is 5.78 Å². The molecule has 0 unspecified atom stereocenters. The van der Waals surface area contributed by atoms with Crippen LogP contribution >= 0.6 is 46.4 Å². The van der Waals surface area contributed by atoms with Gasteiger partial charge in [-0.2, -0.15) is 0 Å². The lowest BCUT2D eigenvalue weighted by Gasteiger charge is -2.14. The van der Waals surface area contributed by atoms with Crippen LogP contribution in [0.4, 0.5) is 0 Å². The van der Waals surface area contributed by atoms with E-state index < -0.39 is 5.78 Å². The SMILES string of the molecule is COc1c(Cl)cc(Cl)c(OC)c1C(=O)c1cc(Cl)c(Cl)[nH]1. The first-order valence-corrected chi connectivity index (χ1v) is 7.10. The largest absolute Gasteiger partial charge is 0.494 e. The molecule has 1 aromatic carbocycles. The predicted molar refractivity (Wildman–Crippen MR) is 83.8 cm³/mol. The van der Waals surface area contributed by atoms with E-state index in [1.807, 2.05) is 0 Å². The van der Waals surface area contributed by atoms with Crippen molar-refractivity contribution in [3.8, 4) is 11.5 Å². The lowest BCUT2D eigenvalue weighted by molar-refractivity contribution is 0.102. The van der Waals surface area contributed by atoms with Crippen molar-refractivity contribution in [2.45, 2.75) is 0 Å². The van der Waals surface area contributed by atoms with Crippen LogP contribution in [-0.2, 0) is 0 Å². The number of H-pyrrole nitrogens is 1. The fraction of sp³-hybridized carbons (Fsp3) is 0.154. The monoisotopic (exact) mass is 367 g/mol. The molecule has 2 rings (SSSR count). The van der Waals surface area contributed by atoms with E-state index in [0.717, 1.165) is 0 Å². The third-order valence-electron chi connectivity index (χ3n) is 2.75. The highest BCUT2D eigenvalue weighted by Gasteiger charge is 2.26. The summed E-state index contributed by atoms with van der Waals surface area (Å²) in [7, 11) is 2.78. The number of aromatic nitrogens is 1. The number of halogens is 4. The molecule has 112 valence electrons. The topological polar surface area (TPSA) is 51.3 Å². The van der Waals surface area contributed by atoms with Gasteiger partial charge in [0.25, 0.3) is 0 Å². The summed E-state index contributed by atoms with van der Waals surface area (Å²) in [4.78, 5) is 15.3. The predicted octanol–water partition coefficient (Wildman–Crippen LogP) is 4.88. The van der Waals surface area contributed by atoms with E-state index in [9.17, 15) is 4.79 Å². The molecule has 0 bridgehead atoms. The smallest absolute Gasteiger partial charge is 0.216 e. The molecule has 1 heterocycles. The zero-order valence-electron chi connectivity index (χ0n) is 10.9. The molecule has 0 spiro atoms. The van der Waals surface area contributed by atoms with E-state index in [1.165, 1.54) is 26.4 Å². The Bertz CT molecular complexity index is 664. The van der Waals surface area contributed by atoms with Crippen molar-refractivity contribution in [1.29, 1.82) is 0 Å². The highest BCUT2D eigenvalue weighted by molar-refractivity contribution is 6.42.